The largest absolute Gasteiger partial charge is 0.468 e. The van der Waals surface area contributed by atoms with Gasteiger partial charge in [-0.05, 0) is 56.5 Å². The van der Waals surface area contributed by atoms with Crippen molar-refractivity contribution >= 4 is 23.3 Å². The number of carbonyl (C=O) groups is 2. The second kappa shape index (κ2) is 17.3. The van der Waals surface area contributed by atoms with E-state index >= 15 is 0 Å². The summed E-state index contributed by atoms with van der Waals surface area (Å²) < 4.78 is 22.1. The van der Waals surface area contributed by atoms with Crippen molar-refractivity contribution < 1.29 is 33.5 Å². The lowest BCUT2D eigenvalue weighted by atomic mass is 9.68. The highest BCUT2D eigenvalue weighted by molar-refractivity contribution is 6.07. The number of methoxy groups -OCH3 is 1. The first-order valence-electron chi connectivity index (χ1n) is 17.0. The molecule has 2 aliphatic heterocycles. The highest BCUT2D eigenvalue weighted by Crippen LogP contribution is 2.42. The molecule has 0 amide bonds. The van der Waals surface area contributed by atoms with E-state index in [9.17, 15) is 19.7 Å². The van der Waals surface area contributed by atoms with Gasteiger partial charge in [-0.1, -0.05) is 72.8 Å². The van der Waals surface area contributed by atoms with Crippen molar-refractivity contribution in [2.45, 2.75) is 38.0 Å². The van der Waals surface area contributed by atoms with E-state index in [0.717, 1.165) is 32.5 Å². The van der Waals surface area contributed by atoms with Crippen LogP contribution in [-0.4, -0.2) is 87.3 Å². The SMILES string of the molecule is COC(=O)C1C(C)=NC(C)=C(C(=O)OCCOCCOCCN2CCC(c3ccccc3)(c3ccccc3)CC2)C1c1cccc([N+](=O)[O-])c1. The van der Waals surface area contributed by atoms with Crippen LogP contribution in [0.1, 0.15) is 49.3 Å². The minimum atomic E-state index is -0.943. The molecule has 50 heavy (non-hydrogen) atoms. The summed E-state index contributed by atoms with van der Waals surface area (Å²) in [5, 5.41) is 11.5. The highest BCUT2D eigenvalue weighted by Gasteiger charge is 2.43. The van der Waals surface area contributed by atoms with Gasteiger partial charge in [-0.15, -0.1) is 0 Å². The second-order valence-corrected chi connectivity index (χ2v) is 12.6. The number of aliphatic imine (C=N–C) groups is 1. The van der Waals surface area contributed by atoms with Crippen LogP contribution in [0.2, 0.25) is 0 Å². The summed E-state index contributed by atoms with van der Waals surface area (Å²) in [7, 11) is 1.25. The maximum Gasteiger partial charge on any atom is 0.336 e. The Kier molecular flexibility index (Phi) is 12.6. The van der Waals surface area contributed by atoms with Crippen molar-refractivity contribution in [3.8, 4) is 0 Å². The van der Waals surface area contributed by atoms with Gasteiger partial charge in [-0.3, -0.25) is 19.9 Å². The van der Waals surface area contributed by atoms with Gasteiger partial charge in [0.1, 0.15) is 12.5 Å². The molecular weight excluding hydrogens is 638 g/mol. The number of carbonyl (C=O) groups excluding carboxylic acids is 2. The fraction of sp³-hybridized carbons (Fsp3) is 0.410. The van der Waals surface area contributed by atoms with Crippen molar-refractivity contribution in [1.29, 1.82) is 0 Å². The standard InChI is InChI=1S/C39H45N3O8/c1-28-34(37(43)47-3)36(30-11-10-16-33(27-30)42(45)46)35(29(2)40-28)38(44)50-26-25-49-24-23-48-22-21-41-19-17-39(18-20-41,31-12-6-4-7-13-31)32-14-8-5-9-15-32/h4-16,27,34,36H,17-26H2,1-3H3. The minimum absolute atomic E-state index is 0.0157. The number of ether oxygens (including phenoxy) is 4. The summed E-state index contributed by atoms with van der Waals surface area (Å²) in [5.74, 6) is -3.08. The van der Waals surface area contributed by atoms with Crippen LogP contribution in [0.25, 0.3) is 0 Å². The van der Waals surface area contributed by atoms with Crippen molar-refractivity contribution in [3.63, 3.8) is 0 Å². The zero-order valence-electron chi connectivity index (χ0n) is 28.9. The third kappa shape index (κ3) is 8.53. The predicted molar refractivity (Wildman–Crippen MR) is 189 cm³/mol. The topological polar surface area (TPSA) is 130 Å². The van der Waals surface area contributed by atoms with E-state index in [0.29, 0.717) is 36.8 Å². The molecule has 0 N–H and O–H groups in total. The third-order valence-corrected chi connectivity index (χ3v) is 9.69. The second-order valence-electron chi connectivity index (χ2n) is 12.6. The van der Waals surface area contributed by atoms with Crippen molar-refractivity contribution in [2.24, 2.45) is 10.9 Å². The van der Waals surface area contributed by atoms with Crippen LogP contribution in [-0.2, 0) is 34.0 Å². The summed E-state index contributed by atoms with van der Waals surface area (Å²) in [6, 6.07) is 27.5. The Hall–Kier alpha value is -4.71. The van der Waals surface area contributed by atoms with Crippen molar-refractivity contribution in [3.05, 3.63) is 123 Å². The maximum absolute atomic E-state index is 13.4. The number of benzene rings is 3. The van der Waals surface area contributed by atoms with Crippen molar-refractivity contribution in [2.75, 3.05) is 59.8 Å². The summed E-state index contributed by atoms with van der Waals surface area (Å²) in [6.45, 7) is 7.60. The van der Waals surface area contributed by atoms with Gasteiger partial charge in [-0.2, -0.15) is 0 Å². The number of nitro groups is 1. The van der Waals surface area contributed by atoms with Gasteiger partial charge in [0.15, 0.2) is 0 Å². The molecule has 5 rings (SSSR count). The Morgan fingerprint density at radius 2 is 1.46 bits per heavy atom. The minimum Gasteiger partial charge on any atom is -0.468 e. The predicted octanol–water partition coefficient (Wildman–Crippen LogP) is 5.87. The molecule has 2 aliphatic rings. The molecular formula is C39H45N3O8. The third-order valence-electron chi connectivity index (χ3n) is 9.69. The molecule has 0 saturated carbocycles. The molecule has 0 aliphatic carbocycles. The van der Waals surface area contributed by atoms with Crippen LogP contribution in [0.5, 0.6) is 0 Å². The molecule has 11 nitrogen and oxygen atoms in total. The van der Waals surface area contributed by atoms with Gasteiger partial charge < -0.3 is 23.8 Å². The lowest BCUT2D eigenvalue weighted by Crippen LogP contribution is -2.44. The number of nitrogens with zero attached hydrogens (tertiary/aromatic N) is 3. The molecule has 0 aromatic heterocycles. The number of esters is 2. The van der Waals surface area contributed by atoms with Crippen LogP contribution < -0.4 is 0 Å². The molecule has 3 aromatic rings. The lowest BCUT2D eigenvalue weighted by molar-refractivity contribution is -0.384. The smallest absolute Gasteiger partial charge is 0.336 e. The Morgan fingerprint density at radius 1 is 0.860 bits per heavy atom. The zero-order valence-corrected chi connectivity index (χ0v) is 28.9. The van der Waals surface area contributed by atoms with Crippen LogP contribution in [0, 0.1) is 16.0 Å². The quantitative estimate of drug-likeness (QED) is 0.0835. The number of hydrogen-bond acceptors (Lipinski definition) is 10. The van der Waals surface area contributed by atoms with E-state index in [4.69, 9.17) is 18.9 Å². The summed E-state index contributed by atoms with van der Waals surface area (Å²) in [4.78, 5) is 44.1. The Balaban J connectivity index is 1.06. The summed E-state index contributed by atoms with van der Waals surface area (Å²) >= 11 is 0. The van der Waals surface area contributed by atoms with Crippen LogP contribution in [0.3, 0.4) is 0 Å². The van der Waals surface area contributed by atoms with E-state index in [1.54, 1.807) is 19.9 Å². The average Bonchev–Trinajstić information content (AvgIpc) is 3.14. The first-order chi connectivity index (χ1) is 24.2. The molecule has 0 spiro atoms. The molecule has 2 heterocycles. The van der Waals surface area contributed by atoms with E-state index < -0.39 is 28.7 Å². The molecule has 0 bridgehead atoms. The number of allylic oxidation sites excluding steroid dienone is 1. The molecule has 3 aromatic carbocycles. The fourth-order valence-corrected chi connectivity index (χ4v) is 7.13. The fourth-order valence-electron chi connectivity index (χ4n) is 7.13. The highest BCUT2D eigenvalue weighted by atomic mass is 16.6. The Morgan fingerprint density at radius 3 is 2.06 bits per heavy atom. The number of piperidine rings is 1. The Bertz CT molecular complexity index is 1640. The van der Waals surface area contributed by atoms with E-state index in [1.165, 1.54) is 36.4 Å². The molecule has 1 fully saturated rings. The maximum atomic E-state index is 13.4. The number of hydrogen-bond donors (Lipinski definition) is 0. The van der Waals surface area contributed by atoms with Gasteiger partial charge >= 0.3 is 11.9 Å². The number of likely N-dealkylation sites (tertiary alicyclic amines) is 1. The normalized spacial score (nSPS) is 19.1. The monoisotopic (exact) mass is 683 g/mol. The van der Waals surface area contributed by atoms with Gasteiger partial charge in [0.2, 0.25) is 0 Å². The van der Waals surface area contributed by atoms with Crippen LogP contribution >= 0.6 is 0 Å². The van der Waals surface area contributed by atoms with Gasteiger partial charge in [0.25, 0.3) is 5.69 Å². The first-order valence-corrected chi connectivity index (χ1v) is 17.0. The Labute approximate surface area is 293 Å². The van der Waals surface area contributed by atoms with Gasteiger partial charge in [-0.25, -0.2) is 4.79 Å². The lowest BCUT2D eigenvalue weighted by Gasteiger charge is -2.43. The summed E-state index contributed by atoms with van der Waals surface area (Å²) in [5.41, 5.74) is 3.98. The number of rotatable bonds is 15. The summed E-state index contributed by atoms with van der Waals surface area (Å²) in [6.07, 6.45) is 2.08. The first kappa shape index (κ1) is 36.6. The molecule has 2 atom stereocenters. The number of nitro benzene ring substituents is 1. The van der Waals surface area contributed by atoms with Crippen LogP contribution in [0.4, 0.5) is 5.69 Å². The molecule has 2 unspecified atom stereocenters. The average molecular weight is 684 g/mol. The van der Waals surface area contributed by atoms with Gasteiger partial charge in [0.05, 0.1) is 44.0 Å². The molecule has 11 heteroatoms. The zero-order chi connectivity index (χ0) is 35.5. The van der Waals surface area contributed by atoms with Crippen LogP contribution in [0.15, 0.2) is 101 Å². The van der Waals surface area contributed by atoms with E-state index in [2.05, 4.69) is 70.6 Å². The van der Waals surface area contributed by atoms with Gasteiger partial charge in [0, 0.05) is 41.4 Å². The molecule has 264 valence electrons. The van der Waals surface area contributed by atoms with E-state index in [1.807, 2.05) is 0 Å². The van der Waals surface area contributed by atoms with E-state index in [-0.39, 0.29) is 29.9 Å². The van der Waals surface area contributed by atoms with Crippen molar-refractivity contribution in [1.82, 2.24) is 4.90 Å². The molecule has 0 radical (unpaired) electrons. The molecule has 1 saturated heterocycles. The number of non-ortho nitro benzene ring substituents is 1.